The van der Waals surface area contributed by atoms with Crippen molar-refractivity contribution < 1.29 is 9.47 Å². The highest BCUT2D eigenvalue weighted by Gasteiger charge is 2.37. The first-order valence-corrected chi connectivity index (χ1v) is 10.9. The van der Waals surface area contributed by atoms with E-state index in [-0.39, 0.29) is 0 Å². The number of ether oxygens (including phenoxy) is 2. The highest BCUT2D eigenvalue weighted by atomic mass is 16.5. The van der Waals surface area contributed by atoms with Gasteiger partial charge in [0.25, 0.3) is 0 Å². The summed E-state index contributed by atoms with van der Waals surface area (Å²) >= 11 is 0. The second kappa shape index (κ2) is 16.4. The summed E-state index contributed by atoms with van der Waals surface area (Å²) in [7, 11) is 0. The molecule has 0 N–H and O–H groups in total. The van der Waals surface area contributed by atoms with Crippen LogP contribution < -0.4 is 0 Å². The second-order valence-corrected chi connectivity index (χ2v) is 7.37. The molecule has 0 aliphatic heterocycles. The third kappa shape index (κ3) is 10.0. The van der Waals surface area contributed by atoms with Crippen molar-refractivity contribution in [2.45, 2.75) is 118 Å². The van der Waals surface area contributed by atoms with E-state index in [2.05, 4.69) is 34.6 Å². The van der Waals surface area contributed by atoms with Crippen LogP contribution in [0.5, 0.6) is 0 Å². The molecular formula is C22H46O2. The molecule has 2 nitrogen and oxygen atoms in total. The van der Waals surface area contributed by atoms with Crippen molar-refractivity contribution in [1.29, 1.82) is 0 Å². The highest BCUT2D eigenvalue weighted by molar-refractivity contribution is 4.88. The van der Waals surface area contributed by atoms with E-state index in [0.717, 1.165) is 19.8 Å². The Bertz CT molecular complexity index is 231. The van der Waals surface area contributed by atoms with Gasteiger partial charge >= 0.3 is 0 Å². The van der Waals surface area contributed by atoms with Crippen molar-refractivity contribution >= 4 is 0 Å². The quantitative estimate of drug-likeness (QED) is 0.246. The summed E-state index contributed by atoms with van der Waals surface area (Å²) in [5, 5.41) is 0. The van der Waals surface area contributed by atoms with Crippen LogP contribution in [0.25, 0.3) is 0 Å². The van der Waals surface area contributed by atoms with Crippen molar-refractivity contribution in [3.63, 3.8) is 0 Å². The summed E-state index contributed by atoms with van der Waals surface area (Å²) in [5.74, 6) is 0. The van der Waals surface area contributed by atoms with Crippen LogP contribution in [0.3, 0.4) is 0 Å². The Kier molecular flexibility index (Phi) is 16.3. The topological polar surface area (TPSA) is 18.5 Å². The fourth-order valence-electron chi connectivity index (χ4n) is 3.79. The van der Waals surface area contributed by atoms with Crippen LogP contribution in [0, 0.1) is 5.41 Å². The normalized spacial score (nSPS) is 13.4. The Morgan fingerprint density at radius 2 is 1.17 bits per heavy atom. The van der Waals surface area contributed by atoms with Crippen LogP contribution in [0.2, 0.25) is 0 Å². The molecule has 0 radical (unpaired) electrons. The Labute approximate surface area is 153 Å². The van der Waals surface area contributed by atoms with Crippen molar-refractivity contribution in [2.75, 3.05) is 19.8 Å². The van der Waals surface area contributed by atoms with Gasteiger partial charge < -0.3 is 9.47 Å². The minimum Gasteiger partial charge on any atom is -0.379 e. The molecule has 1 atom stereocenters. The lowest BCUT2D eigenvalue weighted by Crippen LogP contribution is -2.38. The second-order valence-electron chi connectivity index (χ2n) is 7.37. The first-order chi connectivity index (χ1) is 11.7. The fraction of sp³-hybridized carbons (Fsp3) is 1.00. The van der Waals surface area contributed by atoms with Crippen LogP contribution in [0.1, 0.15) is 112 Å². The van der Waals surface area contributed by atoms with Gasteiger partial charge in [-0.15, -0.1) is 0 Å². The minimum atomic E-state index is 0.392. The van der Waals surface area contributed by atoms with E-state index >= 15 is 0 Å². The van der Waals surface area contributed by atoms with Gasteiger partial charge in [0.05, 0.1) is 19.3 Å². The lowest BCUT2D eigenvalue weighted by molar-refractivity contribution is -0.0784. The standard InChI is InChI=1S/C22H46O2/c1-6-11-15-21(24-20-19-23-10-5)22(16-12-7-2,17-13-8-3)18-14-9-4/h21H,6-20H2,1-5H3. The van der Waals surface area contributed by atoms with E-state index in [1.807, 2.05) is 0 Å². The molecule has 24 heavy (non-hydrogen) atoms. The molecule has 0 fully saturated rings. The molecule has 0 spiro atoms. The predicted molar refractivity (Wildman–Crippen MR) is 107 cm³/mol. The van der Waals surface area contributed by atoms with Crippen LogP contribution in [0.15, 0.2) is 0 Å². The van der Waals surface area contributed by atoms with E-state index in [4.69, 9.17) is 9.47 Å². The monoisotopic (exact) mass is 342 g/mol. The van der Waals surface area contributed by atoms with Crippen LogP contribution >= 0.6 is 0 Å². The Morgan fingerprint density at radius 1 is 0.667 bits per heavy atom. The van der Waals surface area contributed by atoms with Gasteiger partial charge in [0.1, 0.15) is 0 Å². The molecule has 0 aromatic rings. The lowest BCUT2D eigenvalue weighted by Gasteiger charge is -2.42. The summed E-state index contributed by atoms with van der Waals surface area (Å²) in [5.41, 5.74) is 0.392. The summed E-state index contributed by atoms with van der Waals surface area (Å²) in [6.07, 6.45) is 16.1. The third-order valence-electron chi connectivity index (χ3n) is 5.34. The van der Waals surface area contributed by atoms with Crippen molar-refractivity contribution in [1.82, 2.24) is 0 Å². The molecular weight excluding hydrogens is 296 g/mol. The summed E-state index contributed by atoms with van der Waals surface area (Å²) in [4.78, 5) is 0. The molecule has 0 saturated heterocycles. The molecule has 0 bridgehead atoms. The van der Waals surface area contributed by atoms with Crippen LogP contribution in [-0.4, -0.2) is 25.9 Å². The lowest BCUT2D eigenvalue weighted by atomic mass is 9.69. The zero-order valence-electron chi connectivity index (χ0n) is 17.5. The van der Waals surface area contributed by atoms with Gasteiger partial charge in [0, 0.05) is 6.61 Å². The largest absolute Gasteiger partial charge is 0.379 e. The van der Waals surface area contributed by atoms with Crippen LogP contribution in [0.4, 0.5) is 0 Å². The maximum atomic E-state index is 6.48. The SMILES string of the molecule is CCCCC(OCCOCC)C(CCCC)(CCCC)CCCC. The molecule has 2 heteroatoms. The Hall–Kier alpha value is -0.0800. The van der Waals surface area contributed by atoms with Gasteiger partial charge in [-0.1, -0.05) is 79.1 Å². The van der Waals surface area contributed by atoms with Gasteiger partial charge in [-0.3, -0.25) is 0 Å². The highest BCUT2D eigenvalue weighted by Crippen LogP contribution is 2.43. The average molecular weight is 343 g/mol. The molecule has 0 aromatic carbocycles. The average Bonchev–Trinajstić information content (AvgIpc) is 2.61. The first-order valence-electron chi connectivity index (χ1n) is 10.9. The van der Waals surface area contributed by atoms with E-state index < -0.39 is 0 Å². The van der Waals surface area contributed by atoms with E-state index in [0.29, 0.717) is 11.5 Å². The smallest absolute Gasteiger partial charge is 0.0704 e. The van der Waals surface area contributed by atoms with Gasteiger partial charge in [0.2, 0.25) is 0 Å². The molecule has 0 aliphatic carbocycles. The van der Waals surface area contributed by atoms with Gasteiger partial charge in [-0.25, -0.2) is 0 Å². The molecule has 0 amide bonds. The third-order valence-corrected chi connectivity index (χ3v) is 5.34. The number of hydrogen-bond acceptors (Lipinski definition) is 2. The zero-order valence-corrected chi connectivity index (χ0v) is 17.5. The van der Waals surface area contributed by atoms with Crippen molar-refractivity contribution in [3.8, 4) is 0 Å². The Balaban J connectivity index is 5.11. The summed E-state index contributed by atoms with van der Waals surface area (Å²) < 4.78 is 12.0. The van der Waals surface area contributed by atoms with Crippen molar-refractivity contribution in [2.24, 2.45) is 5.41 Å². The number of rotatable bonds is 18. The van der Waals surface area contributed by atoms with E-state index in [1.165, 1.54) is 77.0 Å². The van der Waals surface area contributed by atoms with Crippen LogP contribution in [-0.2, 0) is 9.47 Å². The fourth-order valence-corrected chi connectivity index (χ4v) is 3.79. The Morgan fingerprint density at radius 3 is 1.58 bits per heavy atom. The van der Waals surface area contributed by atoms with E-state index in [1.54, 1.807) is 0 Å². The molecule has 0 heterocycles. The van der Waals surface area contributed by atoms with Gasteiger partial charge in [-0.05, 0) is 38.0 Å². The first kappa shape index (κ1) is 23.9. The molecule has 1 unspecified atom stereocenters. The summed E-state index contributed by atoms with van der Waals surface area (Å²) in [6, 6.07) is 0. The van der Waals surface area contributed by atoms with Gasteiger partial charge in [-0.2, -0.15) is 0 Å². The number of hydrogen-bond donors (Lipinski definition) is 0. The zero-order chi connectivity index (χ0) is 18.1. The summed E-state index contributed by atoms with van der Waals surface area (Å²) in [6.45, 7) is 13.6. The maximum Gasteiger partial charge on any atom is 0.0704 e. The molecule has 0 rings (SSSR count). The molecule has 0 aliphatic rings. The van der Waals surface area contributed by atoms with Crippen molar-refractivity contribution in [3.05, 3.63) is 0 Å². The minimum absolute atomic E-state index is 0.392. The predicted octanol–water partition coefficient (Wildman–Crippen LogP) is 7.16. The van der Waals surface area contributed by atoms with Gasteiger partial charge in [0.15, 0.2) is 0 Å². The van der Waals surface area contributed by atoms with E-state index in [9.17, 15) is 0 Å². The number of unbranched alkanes of at least 4 members (excludes halogenated alkanes) is 4. The molecule has 0 aromatic heterocycles. The molecule has 0 saturated carbocycles. The molecule has 146 valence electrons. The maximum absolute atomic E-state index is 6.48.